The summed E-state index contributed by atoms with van der Waals surface area (Å²) in [7, 11) is -3.62. The Hall–Kier alpha value is -2.70. The van der Waals surface area contributed by atoms with Crippen LogP contribution in [0, 0.1) is 0 Å². The highest BCUT2D eigenvalue weighted by molar-refractivity contribution is 7.89. The highest BCUT2D eigenvalue weighted by Crippen LogP contribution is 2.35. The van der Waals surface area contributed by atoms with Gasteiger partial charge in [-0.25, -0.2) is 13.1 Å². The third-order valence-electron chi connectivity index (χ3n) is 5.07. The Kier molecular flexibility index (Phi) is 4.91. The van der Waals surface area contributed by atoms with Crippen LogP contribution in [0.3, 0.4) is 0 Å². The molecule has 0 fully saturated rings. The van der Waals surface area contributed by atoms with Gasteiger partial charge < -0.3 is 5.32 Å². The van der Waals surface area contributed by atoms with Gasteiger partial charge in [-0.3, -0.25) is 4.79 Å². The van der Waals surface area contributed by atoms with Gasteiger partial charge in [0.25, 0.3) is 5.91 Å². The van der Waals surface area contributed by atoms with Crippen LogP contribution in [-0.4, -0.2) is 20.9 Å². The Bertz CT molecular complexity index is 1160. The van der Waals surface area contributed by atoms with E-state index in [1.807, 2.05) is 25.1 Å². The van der Waals surface area contributed by atoms with E-state index in [2.05, 4.69) is 22.2 Å². The molecule has 0 radical (unpaired) electrons. The first-order chi connectivity index (χ1) is 13.5. The summed E-state index contributed by atoms with van der Waals surface area (Å²) in [4.78, 5) is 12.9. The molecule has 0 saturated heterocycles. The first kappa shape index (κ1) is 18.7. The standard InChI is InChI=1S/C22H22N2O3S/c1-2-13-23-28(26,27)18-7-3-6-17(14-18)22(25)24-20-12-11-16-10-9-15-5-4-8-19(20)21(15)16/h3-8,11-12,14,23H,2,9-10,13H2,1H3,(H,24,25). The van der Waals surface area contributed by atoms with Crippen molar-refractivity contribution in [3.63, 3.8) is 0 Å². The molecule has 0 unspecified atom stereocenters. The van der Waals surface area contributed by atoms with Crippen LogP contribution in [-0.2, 0) is 22.9 Å². The average molecular weight is 394 g/mol. The third-order valence-corrected chi connectivity index (χ3v) is 6.53. The number of hydrogen-bond acceptors (Lipinski definition) is 3. The van der Waals surface area contributed by atoms with Gasteiger partial charge in [0.2, 0.25) is 10.0 Å². The summed E-state index contributed by atoms with van der Waals surface area (Å²) >= 11 is 0. The zero-order chi connectivity index (χ0) is 19.7. The van der Waals surface area contributed by atoms with Crippen molar-refractivity contribution < 1.29 is 13.2 Å². The van der Waals surface area contributed by atoms with Crippen LogP contribution < -0.4 is 10.0 Å². The molecule has 144 valence electrons. The maximum atomic E-state index is 12.8. The molecule has 6 heteroatoms. The number of benzene rings is 3. The van der Waals surface area contributed by atoms with E-state index in [1.165, 1.54) is 28.6 Å². The molecule has 2 N–H and O–H groups in total. The molecule has 3 aromatic rings. The van der Waals surface area contributed by atoms with Gasteiger partial charge in [0.15, 0.2) is 0 Å². The van der Waals surface area contributed by atoms with Crippen molar-refractivity contribution in [1.29, 1.82) is 0 Å². The molecule has 0 saturated carbocycles. The van der Waals surface area contributed by atoms with Crippen molar-refractivity contribution in [1.82, 2.24) is 4.72 Å². The normalized spacial score (nSPS) is 13.0. The fourth-order valence-corrected chi connectivity index (χ4v) is 4.85. The van der Waals surface area contributed by atoms with Gasteiger partial charge in [-0.05, 0) is 60.0 Å². The summed E-state index contributed by atoms with van der Waals surface area (Å²) in [5.41, 5.74) is 3.66. The summed E-state index contributed by atoms with van der Waals surface area (Å²) in [6.45, 7) is 2.25. The number of anilines is 1. The molecule has 1 aliphatic carbocycles. The van der Waals surface area contributed by atoms with Crippen LogP contribution in [0.2, 0.25) is 0 Å². The molecule has 0 heterocycles. The minimum Gasteiger partial charge on any atom is -0.321 e. The predicted molar refractivity (Wildman–Crippen MR) is 111 cm³/mol. The quantitative estimate of drug-likeness (QED) is 0.666. The molecule has 0 spiro atoms. The third kappa shape index (κ3) is 3.41. The van der Waals surface area contributed by atoms with Crippen molar-refractivity contribution in [3.8, 4) is 0 Å². The molecule has 3 aromatic carbocycles. The maximum Gasteiger partial charge on any atom is 0.255 e. The fraction of sp³-hybridized carbons (Fsp3) is 0.227. The van der Waals surface area contributed by atoms with Crippen LogP contribution in [0.5, 0.6) is 0 Å². The number of carbonyl (C=O) groups is 1. The van der Waals surface area contributed by atoms with Gasteiger partial charge in [-0.1, -0.05) is 37.3 Å². The van der Waals surface area contributed by atoms with E-state index in [0.717, 1.165) is 23.9 Å². The number of carbonyl (C=O) groups excluding carboxylic acids is 1. The molecule has 28 heavy (non-hydrogen) atoms. The second kappa shape index (κ2) is 7.37. The Labute approximate surface area is 164 Å². The summed E-state index contributed by atoms with van der Waals surface area (Å²) in [5, 5.41) is 5.20. The molecule has 1 aliphatic rings. The molecule has 0 atom stereocenters. The minimum atomic E-state index is -3.62. The molecule has 4 rings (SSSR count). The predicted octanol–water partition coefficient (Wildman–Crippen LogP) is 3.88. The van der Waals surface area contributed by atoms with Crippen LogP contribution in [0.15, 0.2) is 59.5 Å². The number of aryl methyl sites for hydroxylation is 2. The van der Waals surface area contributed by atoms with E-state index in [0.29, 0.717) is 18.5 Å². The van der Waals surface area contributed by atoms with E-state index in [-0.39, 0.29) is 10.8 Å². The van der Waals surface area contributed by atoms with Gasteiger partial charge >= 0.3 is 0 Å². The summed E-state index contributed by atoms with van der Waals surface area (Å²) in [6, 6.07) is 16.2. The second-order valence-corrected chi connectivity index (χ2v) is 8.76. The molecular weight excluding hydrogens is 372 g/mol. The topological polar surface area (TPSA) is 75.3 Å². The molecule has 0 bridgehead atoms. The molecule has 1 amide bonds. The van der Waals surface area contributed by atoms with Gasteiger partial charge in [0, 0.05) is 23.2 Å². The van der Waals surface area contributed by atoms with E-state index in [4.69, 9.17) is 0 Å². The lowest BCUT2D eigenvalue weighted by Gasteiger charge is -2.11. The highest BCUT2D eigenvalue weighted by Gasteiger charge is 2.18. The van der Waals surface area contributed by atoms with Crippen LogP contribution >= 0.6 is 0 Å². The number of hydrogen-bond donors (Lipinski definition) is 2. The Morgan fingerprint density at radius 1 is 1.00 bits per heavy atom. The Morgan fingerprint density at radius 3 is 2.54 bits per heavy atom. The summed E-state index contributed by atoms with van der Waals surface area (Å²) in [5.74, 6) is -0.328. The maximum absolute atomic E-state index is 12.8. The second-order valence-electron chi connectivity index (χ2n) is 6.99. The number of amides is 1. The van der Waals surface area contributed by atoms with Gasteiger partial charge in [0.1, 0.15) is 0 Å². The zero-order valence-corrected chi connectivity index (χ0v) is 16.5. The largest absolute Gasteiger partial charge is 0.321 e. The summed E-state index contributed by atoms with van der Waals surface area (Å²) < 4.78 is 27.2. The smallest absolute Gasteiger partial charge is 0.255 e. The van der Waals surface area contributed by atoms with E-state index >= 15 is 0 Å². The Balaban J connectivity index is 1.64. The van der Waals surface area contributed by atoms with E-state index < -0.39 is 10.0 Å². The van der Waals surface area contributed by atoms with E-state index in [1.54, 1.807) is 12.1 Å². The molecular formula is C22H22N2O3S. The molecule has 0 aromatic heterocycles. The monoisotopic (exact) mass is 394 g/mol. The Morgan fingerprint density at radius 2 is 1.75 bits per heavy atom. The van der Waals surface area contributed by atoms with E-state index in [9.17, 15) is 13.2 Å². The first-order valence-corrected chi connectivity index (χ1v) is 10.9. The minimum absolute atomic E-state index is 0.0917. The van der Waals surface area contributed by atoms with Gasteiger partial charge in [-0.15, -0.1) is 0 Å². The SMILES string of the molecule is CCCNS(=O)(=O)c1cccc(C(=O)Nc2ccc3c4c(cccc24)CC3)c1. The lowest BCUT2D eigenvalue weighted by Crippen LogP contribution is -2.24. The lowest BCUT2D eigenvalue weighted by atomic mass is 10.0. The van der Waals surface area contributed by atoms with Crippen molar-refractivity contribution >= 4 is 32.4 Å². The van der Waals surface area contributed by atoms with Crippen LogP contribution in [0.1, 0.15) is 34.8 Å². The lowest BCUT2D eigenvalue weighted by molar-refractivity contribution is 0.102. The zero-order valence-electron chi connectivity index (χ0n) is 15.7. The molecule has 5 nitrogen and oxygen atoms in total. The van der Waals surface area contributed by atoms with Crippen LogP contribution in [0.25, 0.3) is 10.8 Å². The summed E-state index contributed by atoms with van der Waals surface area (Å²) in [6.07, 6.45) is 2.74. The highest BCUT2D eigenvalue weighted by atomic mass is 32.2. The van der Waals surface area contributed by atoms with Crippen molar-refractivity contribution in [2.75, 3.05) is 11.9 Å². The van der Waals surface area contributed by atoms with Crippen molar-refractivity contribution in [2.45, 2.75) is 31.1 Å². The fourth-order valence-electron chi connectivity index (χ4n) is 3.67. The van der Waals surface area contributed by atoms with Gasteiger partial charge in [-0.2, -0.15) is 0 Å². The number of nitrogens with one attached hydrogen (secondary N) is 2. The van der Waals surface area contributed by atoms with Crippen LogP contribution in [0.4, 0.5) is 5.69 Å². The van der Waals surface area contributed by atoms with Crippen molar-refractivity contribution in [3.05, 3.63) is 71.3 Å². The average Bonchev–Trinajstić information content (AvgIpc) is 3.13. The van der Waals surface area contributed by atoms with Gasteiger partial charge in [0.05, 0.1) is 4.90 Å². The molecule has 0 aliphatic heterocycles. The van der Waals surface area contributed by atoms with Crippen molar-refractivity contribution in [2.24, 2.45) is 0 Å². The number of rotatable bonds is 6. The first-order valence-electron chi connectivity index (χ1n) is 9.44. The number of sulfonamides is 1.